The molecule has 0 radical (unpaired) electrons. The highest BCUT2D eigenvalue weighted by Gasteiger charge is 2.16. The lowest BCUT2D eigenvalue weighted by molar-refractivity contribution is -0.132. The number of alkyl halides is 2. The van der Waals surface area contributed by atoms with Crippen molar-refractivity contribution in [2.45, 2.75) is 52.5 Å². The summed E-state index contributed by atoms with van der Waals surface area (Å²) in [6.45, 7) is 5.98. The van der Waals surface area contributed by atoms with Gasteiger partial charge in [-0.2, -0.15) is 8.78 Å². The summed E-state index contributed by atoms with van der Waals surface area (Å²) in [6, 6.07) is -0.157. The maximum atomic E-state index is 11.8. The van der Waals surface area contributed by atoms with Gasteiger partial charge in [0.2, 0.25) is 0 Å². The Balaban J connectivity index is 3.55. The second-order valence-electron chi connectivity index (χ2n) is 4.04. The first kappa shape index (κ1) is 13.3. The Kier molecular flexibility index (Phi) is 6.41. The van der Waals surface area contributed by atoms with E-state index in [1.165, 1.54) is 0 Å². The molecule has 1 atom stereocenters. The third-order valence-corrected chi connectivity index (χ3v) is 2.01. The van der Waals surface area contributed by atoms with E-state index in [4.69, 9.17) is 0 Å². The van der Waals surface area contributed by atoms with Crippen LogP contribution in [0.15, 0.2) is 0 Å². The maximum Gasteiger partial charge on any atom is 0.315 e. The van der Waals surface area contributed by atoms with Gasteiger partial charge in [-0.3, -0.25) is 4.79 Å². The van der Waals surface area contributed by atoms with Crippen LogP contribution in [0.1, 0.15) is 40.0 Å². The van der Waals surface area contributed by atoms with Crippen molar-refractivity contribution >= 4 is 5.91 Å². The zero-order chi connectivity index (χ0) is 11.1. The van der Waals surface area contributed by atoms with Gasteiger partial charge in [0.15, 0.2) is 0 Å². The smallest absolute Gasteiger partial charge is 0.315 e. The van der Waals surface area contributed by atoms with Crippen molar-refractivity contribution < 1.29 is 13.6 Å². The van der Waals surface area contributed by atoms with Crippen molar-refractivity contribution in [1.82, 2.24) is 5.32 Å². The van der Waals surface area contributed by atoms with Crippen molar-refractivity contribution in [3.8, 4) is 0 Å². The standard InChI is InChI=1S/C10H19F2NO/c1-7(2)5-4-6-8(3)13-10(14)9(11)12/h7-9H,4-6H2,1-3H3,(H,13,14). The number of amides is 1. The molecule has 1 amide bonds. The molecule has 0 saturated carbocycles. The molecule has 0 aliphatic rings. The monoisotopic (exact) mass is 207 g/mol. The van der Waals surface area contributed by atoms with Crippen LogP contribution < -0.4 is 5.32 Å². The van der Waals surface area contributed by atoms with E-state index in [-0.39, 0.29) is 6.04 Å². The van der Waals surface area contributed by atoms with Crippen LogP contribution in [0.4, 0.5) is 8.78 Å². The molecule has 0 aromatic rings. The molecule has 0 aromatic heterocycles. The molecule has 0 aliphatic carbocycles. The fourth-order valence-corrected chi connectivity index (χ4v) is 1.21. The van der Waals surface area contributed by atoms with Gasteiger partial charge in [0.1, 0.15) is 0 Å². The lowest BCUT2D eigenvalue weighted by Gasteiger charge is -2.13. The lowest BCUT2D eigenvalue weighted by Crippen LogP contribution is -2.36. The summed E-state index contributed by atoms with van der Waals surface area (Å²) >= 11 is 0. The minimum Gasteiger partial charge on any atom is -0.349 e. The third kappa shape index (κ3) is 6.80. The SMILES string of the molecule is CC(C)CCCC(C)NC(=O)C(F)F. The zero-order valence-corrected chi connectivity index (χ0v) is 9.02. The molecule has 0 heterocycles. The normalized spacial score (nSPS) is 13.4. The highest BCUT2D eigenvalue weighted by Crippen LogP contribution is 2.08. The van der Waals surface area contributed by atoms with E-state index >= 15 is 0 Å². The summed E-state index contributed by atoms with van der Waals surface area (Å²) in [5, 5.41) is 2.26. The quantitative estimate of drug-likeness (QED) is 0.712. The summed E-state index contributed by atoms with van der Waals surface area (Å²) in [5.41, 5.74) is 0. The van der Waals surface area contributed by atoms with Gasteiger partial charge in [-0.25, -0.2) is 0 Å². The molecule has 0 spiro atoms. The van der Waals surface area contributed by atoms with Gasteiger partial charge < -0.3 is 5.32 Å². The fourth-order valence-electron chi connectivity index (χ4n) is 1.21. The number of halogens is 2. The molecule has 2 nitrogen and oxygen atoms in total. The zero-order valence-electron chi connectivity index (χ0n) is 9.02. The van der Waals surface area contributed by atoms with Crippen LogP contribution in [-0.4, -0.2) is 18.4 Å². The van der Waals surface area contributed by atoms with E-state index in [1.807, 2.05) is 0 Å². The van der Waals surface area contributed by atoms with Gasteiger partial charge in [0.05, 0.1) is 0 Å². The van der Waals surface area contributed by atoms with Gasteiger partial charge in [-0.15, -0.1) is 0 Å². The van der Waals surface area contributed by atoms with E-state index < -0.39 is 12.3 Å². The van der Waals surface area contributed by atoms with Crippen LogP contribution in [-0.2, 0) is 4.79 Å². The van der Waals surface area contributed by atoms with Crippen LogP contribution in [0, 0.1) is 5.92 Å². The summed E-state index contributed by atoms with van der Waals surface area (Å²) in [7, 11) is 0. The van der Waals surface area contributed by atoms with Gasteiger partial charge in [-0.1, -0.05) is 26.7 Å². The molecular weight excluding hydrogens is 188 g/mol. The number of carbonyl (C=O) groups is 1. The Labute approximate surface area is 84.1 Å². The van der Waals surface area contributed by atoms with Crippen LogP contribution in [0.5, 0.6) is 0 Å². The molecule has 14 heavy (non-hydrogen) atoms. The molecule has 0 bridgehead atoms. The average molecular weight is 207 g/mol. The average Bonchev–Trinajstić information content (AvgIpc) is 2.02. The van der Waals surface area contributed by atoms with Gasteiger partial charge in [0, 0.05) is 6.04 Å². The van der Waals surface area contributed by atoms with E-state index in [1.54, 1.807) is 6.92 Å². The highest BCUT2D eigenvalue weighted by molar-refractivity contribution is 5.79. The number of nitrogens with one attached hydrogen (secondary N) is 1. The second kappa shape index (κ2) is 6.74. The van der Waals surface area contributed by atoms with Crippen molar-refractivity contribution in [3.63, 3.8) is 0 Å². The van der Waals surface area contributed by atoms with Crippen molar-refractivity contribution in [1.29, 1.82) is 0 Å². The summed E-state index contributed by atoms with van der Waals surface area (Å²) in [4.78, 5) is 10.6. The minimum atomic E-state index is -2.90. The van der Waals surface area contributed by atoms with Gasteiger partial charge in [0.25, 0.3) is 5.91 Å². The first-order valence-electron chi connectivity index (χ1n) is 5.02. The first-order chi connectivity index (χ1) is 6.43. The number of hydrogen-bond donors (Lipinski definition) is 1. The van der Waals surface area contributed by atoms with Crippen LogP contribution in [0.25, 0.3) is 0 Å². The minimum absolute atomic E-state index is 0.157. The predicted molar refractivity (Wildman–Crippen MR) is 52.3 cm³/mol. The Morgan fingerprint density at radius 3 is 2.21 bits per heavy atom. The van der Waals surface area contributed by atoms with E-state index in [2.05, 4.69) is 19.2 Å². The molecule has 4 heteroatoms. The first-order valence-corrected chi connectivity index (χ1v) is 5.02. The molecule has 0 aliphatic heterocycles. The Morgan fingerprint density at radius 2 is 1.79 bits per heavy atom. The number of hydrogen-bond acceptors (Lipinski definition) is 1. The van der Waals surface area contributed by atoms with Crippen LogP contribution in [0.3, 0.4) is 0 Å². The Morgan fingerprint density at radius 1 is 1.21 bits per heavy atom. The van der Waals surface area contributed by atoms with Gasteiger partial charge in [-0.05, 0) is 19.3 Å². The van der Waals surface area contributed by atoms with Gasteiger partial charge >= 0.3 is 6.43 Å². The van der Waals surface area contributed by atoms with E-state index in [0.717, 1.165) is 19.3 Å². The summed E-state index contributed by atoms with van der Waals surface area (Å²) in [6.07, 6.45) is -0.115. The molecule has 1 N–H and O–H groups in total. The maximum absolute atomic E-state index is 11.8. The molecule has 0 fully saturated rings. The Hall–Kier alpha value is -0.670. The topological polar surface area (TPSA) is 29.1 Å². The highest BCUT2D eigenvalue weighted by atomic mass is 19.3. The molecule has 0 rings (SSSR count). The summed E-state index contributed by atoms with van der Waals surface area (Å²) < 4.78 is 23.7. The van der Waals surface area contributed by atoms with Crippen molar-refractivity contribution in [2.24, 2.45) is 5.92 Å². The molecule has 1 unspecified atom stereocenters. The van der Waals surface area contributed by atoms with Crippen LogP contribution in [0.2, 0.25) is 0 Å². The fraction of sp³-hybridized carbons (Fsp3) is 0.900. The second-order valence-corrected chi connectivity index (χ2v) is 4.04. The largest absolute Gasteiger partial charge is 0.349 e. The third-order valence-electron chi connectivity index (χ3n) is 2.01. The summed E-state index contributed by atoms with van der Waals surface area (Å²) in [5.74, 6) is -0.546. The van der Waals surface area contributed by atoms with E-state index in [0.29, 0.717) is 5.92 Å². The van der Waals surface area contributed by atoms with Crippen LogP contribution >= 0.6 is 0 Å². The number of carbonyl (C=O) groups excluding carboxylic acids is 1. The van der Waals surface area contributed by atoms with E-state index in [9.17, 15) is 13.6 Å². The number of rotatable bonds is 6. The Bertz CT molecular complexity index is 172. The molecule has 84 valence electrons. The van der Waals surface area contributed by atoms with Crippen molar-refractivity contribution in [2.75, 3.05) is 0 Å². The molecule has 0 saturated heterocycles. The van der Waals surface area contributed by atoms with Crippen molar-refractivity contribution in [3.05, 3.63) is 0 Å². The predicted octanol–water partition coefficient (Wildman–Crippen LogP) is 2.58. The molecule has 0 aromatic carbocycles. The molecular formula is C10H19F2NO. The lowest BCUT2D eigenvalue weighted by atomic mass is 10.0.